The SMILES string of the molecule is [2H]c1c([2H])c([2H])c(-c2ccccc2-n2c3ccccc3c3c2ccc2c4ccccc4n(-c4nc(-c5ccccc5)nc(-c5ccccc5)n4)c23)c([2H])c1[2H]. The molecule has 0 spiro atoms. The molecular weight excluding hydrogens is 611 g/mol. The lowest BCUT2D eigenvalue weighted by atomic mass is 10.0. The molecule has 0 saturated carbocycles. The predicted molar refractivity (Wildman–Crippen MR) is 205 cm³/mol. The van der Waals surface area contributed by atoms with Crippen LogP contribution in [0.2, 0.25) is 0 Å². The molecular formula is C45H29N5. The molecule has 0 N–H and O–H groups in total. The van der Waals surface area contributed by atoms with Gasteiger partial charge in [-0.2, -0.15) is 9.97 Å². The summed E-state index contributed by atoms with van der Waals surface area (Å²) in [6, 6.07) is 46.3. The maximum atomic E-state index is 8.87. The standard InChI is InChI=1S/C45H29N5/c1-4-16-30(17-5-1)33-22-10-13-25-37(33)49-39-27-15-12-24-36(39)41-40(49)29-28-35-34-23-11-14-26-38(34)50(42(35)41)45-47-43(31-18-6-2-7-19-31)46-44(48-45)32-20-8-3-9-21-32/h1-29H/i1D,4D,5D,16D,17D. The Bertz CT molecular complexity index is 3070. The molecule has 7 aromatic carbocycles. The maximum absolute atomic E-state index is 8.87. The minimum atomic E-state index is -0.424. The van der Waals surface area contributed by atoms with Crippen molar-refractivity contribution in [2.45, 2.75) is 0 Å². The van der Waals surface area contributed by atoms with Crippen LogP contribution in [-0.4, -0.2) is 24.1 Å². The lowest BCUT2D eigenvalue weighted by Gasteiger charge is -2.14. The second-order valence-corrected chi connectivity index (χ2v) is 12.1. The molecule has 0 atom stereocenters. The molecule has 0 amide bonds. The zero-order valence-electron chi connectivity index (χ0n) is 31.6. The lowest BCUT2D eigenvalue weighted by molar-refractivity contribution is 0.955. The smallest absolute Gasteiger partial charge is 0.238 e. The minimum absolute atomic E-state index is 0.148. The van der Waals surface area contributed by atoms with Crippen LogP contribution >= 0.6 is 0 Å². The van der Waals surface area contributed by atoms with E-state index in [1.165, 1.54) is 0 Å². The average molecular weight is 645 g/mol. The van der Waals surface area contributed by atoms with Gasteiger partial charge in [0.15, 0.2) is 11.6 Å². The van der Waals surface area contributed by atoms with E-state index < -0.39 is 6.04 Å². The Balaban J connectivity index is 1.34. The summed E-state index contributed by atoms with van der Waals surface area (Å²) in [6.07, 6.45) is 0. The van der Waals surface area contributed by atoms with Gasteiger partial charge in [-0.1, -0.05) is 152 Å². The molecule has 0 saturated heterocycles. The van der Waals surface area contributed by atoms with Crippen LogP contribution in [0.3, 0.4) is 0 Å². The second kappa shape index (κ2) is 11.4. The first-order valence-electron chi connectivity index (χ1n) is 18.9. The first-order valence-corrected chi connectivity index (χ1v) is 16.4. The summed E-state index contributed by atoms with van der Waals surface area (Å²) >= 11 is 0. The highest BCUT2D eigenvalue weighted by molar-refractivity contribution is 6.26. The van der Waals surface area contributed by atoms with Gasteiger partial charge in [-0.3, -0.25) is 4.57 Å². The number of para-hydroxylation sites is 3. The van der Waals surface area contributed by atoms with Gasteiger partial charge in [-0.05, 0) is 29.8 Å². The van der Waals surface area contributed by atoms with E-state index in [2.05, 4.69) is 45.5 Å². The first kappa shape index (κ1) is 23.5. The van der Waals surface area contributed by atoms with Crippen LogP contribution < -0.4 is 0 Å². The number of nitrogens with zero attached hydrogens (tertiary/aromatic N) is 5. The van der Waals surface area contributed by atoms with Gasteiger partial charge in [0.1, 0.15) is 0 Å². The van der Waals surface area contributed by atoms with Crippen molar-refractivity contribution >= 4 is 43.6 Å². The highest BCUT2D eigenvalue weighted by Crippen LogP contribution is 2.43. The molecule has 0 radical (unpaired) electrons. The molecule has 50 heavy (non-hydrogen) atoms. The van der Waals surface area contributed by atoms with E-state index in [0.717, 1.165) is 54.7 Å². The monoisotopic (exact) mass is 644 g/mol. The quantitative estimate of drug-likeness (QED) is 0.187. The van der Waals surface area contributed by atoms with Gasteiger partial charge in [0, 0.05) is 38.2 Å². The number of hydrogen-bond donors (Lipinski definition) is 0. The zero-order chi connectivity index (χ0) is 37.4. The van der Waals surface area contributed by atoms with Crippen LogP contribution in [0.25, 0.3) is 89.2 Å². The van der Waals surface area contributed by atoms with E-state index in [-0.39, 0.29) is 29.7 Å². The number of aromatic nitrogens is 5. The van der Waals surface area contributed by atoms with Crippen LogP contribution in [-0.2, 0) is 0 Å². The summed E-state index contributed by atoms with van der Waals surface area (Å²) in [5, 5.41) is 4.00. The topological polar surface area (TPSA) is 48.5 Å². The summed E-state index contributed by atoms with van der Waals surface area (Å²) < 4.78 is 47.1. The fourth-order valence-corrected chi connectivity index (χ4v) is 7.14. The van der Waals surface area contributed by atoms with Crippen molar-refractivity contribution in [1.29, 1.82) is 0 Å². The van der Waals surface area contributed by atoms with E-state index in [1.807, 2.05) is 109 Å². The van der Waals surface area contributed by atoms with E-state index in [1.54, 1.807) is 0 Å². The summed E-state index contributed by atoms with van der Waals surface area (Å²) in [6.45, 7) is 0. The Kier molecular flexibility index (Phi) is 5.35. The Labute approximate surface area is 295 Å². The molecule has 0 bridgehead atoms. The van der Waals surface area contributed by atoms with E-state index in [4.69, 9.17) is 21.8 Å². The summed E-state index contributed by atoms with van der Waals surface area (Å²) in [5.41, 5.74) is 6.72. The molecule has 5 nitrogen and oxygen atoms in total. The third kappa shape index (κ3) is 4.37. The highest BCUT2D eigenvalue weighted by atomic mass is 15.2. The maximum Gasteiger partial charge on any atom is 0.238 e. The number of hydrogen-bond acceptors (Lipinski definition) is 3. The van der Waals surface area contributed by atoms with Gasteiger partial charge in [0.2, 0.25) is 5.95 Å². The Morgan fingerprint density at radius 1 is 0.420 bits per heavy atom. The van der Waals surface area contributed by atoms with Crippen molar-refractivity contribution in [2.75, 3.05) is 0 Å². The van der Waals surface area contributed by atoms with Crippen LogP contribution in [0.5, 0.6) is 0 Å². The van der Waals surface area contributed by atoms with Crippen molar-refractivity contribution in [3.63, 3.8) is 0 Å². The molecule has 5 heteroatoms. The number of benzene rings is 7. The minimum Gasteiger partial charge on any atom is -0.309 e. The van der Waals surface area contributed by atoms with E-state index in [0.29, 0.717) is 28.8 Å². The molecule has 0 fully saturated rings. The largest absolute Gasteiger partial charge is 0.309 e. The molecule has 0 unspecified atom stereocenters. The normalized spacial score (nSPS) is 13.0. The molecule has 0 aliphatic rings. The van der Waals surface area contributed by atoms with Crippen molar-refractivity contribution in [2.24, 2.45) is 0 Å². The van der Waals surface area contributed by atoms with Crippen molar-refractivity contribution < 1.29 is 6.85 Å². The highest BCUT2D eigenvalue weighted by Gasteiger charge is 2.23. The second-order valence-electron chi connectivity index (χ2n) is 12.1. The summed E-state index contributed by atoms with van der Waals surface area (Å²) in [4.78, 5) is 15.3. The van der Waals surface area contributed by atoms with Gasteiger partial charge in [-0.15, -0.1) is 0 Å². The molecule has 0 aliphatic heterocycles. The Hall–Kier alpha value is -6.85. The van der Waals surface area contributed by atoms with Crippen molar-refractivity contribution in [1.82, 2.24) is 24.1 Å². The van der Waals surface area contributed by atoms with Gasteiger partial charge in [-0.25, -0.2) is 4.98 Å². The molecule has 3 aromatic heterocycles. The van der Waals surface area contributed by atoms with E-state index >= 15 is 0 Å². The van der Waals surface area contributed by atoms with Crippen molar-refractivity contribution in [3.05, 3.63) is 176 Å². The van der Waals surface area contributed by atoms with Crippen molar-refractivity contribution in [3.8, 4) is 45.5 Å². The first-order chi connectivity index (χ1) is 26.9. The van der Waals surface area contributed by atoms with Gasteiger partial charge >= 0.3 is 0 Å². The fourth-order valence-electron chi connectivity index (χ4n) is 7.14. The number of rotatable bonds is 5. The molecule has 234 valence electrons. The van der Waals surface area contributed by atoms with E-state index in [9.17, 15) is 0 Å². The van der Waals surface area contributed by atoms with Crippen LogP contribution in [0.4, 0.5) is 0 Å². The van der Waals surface area contributed by atoms with Gasteiger partial charge < -0.3 is 4.57 Å². The van der Waals surface area contributed by atoms with Crippen LogP contribution in [0, 0.1) is 0 Å². The number of fused-ring (bicyclic) bond motifs is 7. The third-order valence-corrected chi connectivity index (χ3v) is 9.27. The van der Waals surface area contributed by atoms with Gasteiger partial charge in [0.05, 0.1) is 34.6 Å². The average Bonchev–Trinajstić information content (AvgIpc) is 3.76. The van der Waals surface area contributed by atoms with Gasteiger partial charge in [0.25, 0.3) is 0 Å². The lowest BCUT2D eigenvalue weighted by Crippen LogP contribution is -2.06. The summed E-state index contributed by atoms with van der Waals surface area (Å²) in [5.74, 6) is 1.58. The molecule has 3 heterocycles. The fraction of sp³-hybridized carbons (Fsp3) is 0. The molecule has 10 rings (SSSR count). The molecule has 10 aromatic rings. The Morgan fingerprint density at radius 2 is 1.00 bits per heavy atom. The third-order valence-electron chi connectivity index (χ3n) is 9.27. The predicted octanol–water partition coefficient (Wildman–Crippen LogP) is 11.1. The zero-order valence-corrected chi connectivity index (χ0v) is 26.6. The van der Waals surface area contributed by atoms with Crippen LogP contribution in [0.1, 0.15) is 6.85 Å². The Morgan fingerprint density at radius 3 is 1.70 bits per heavy atom. The summed E-state index contributed by atoms with van der Waals surface area (Å²) in [7, 11) is 0. The van der Waals surface area contributed by atoms with Crippen LogP contribution in [0.15, 0.2) is 176 Å². The molecule has 0 aliphatic carbocycles.